The zero-order chi connectivity index (χ0) is 24.9. The summed E-state index contributed by atoms with van der Waals surface area (Å²) in [6, 6.07) is 15.2. The Morgan fingerprint density at radius 3 is 2.56 bits per heavy atom. The van der Waals surface area contributed by atoms with Crippen LogP contribution in [0.15, 0.2) is 70.9 Å². The lowest BCUT2D eigenvalue weighted by molar-refractivity contribution is -0.113. The van der Waals surface area contributed by atoms with E-state index in [0.717, 1.165) is 32.7 Å². The van der Waals surface area contributed by atoms with Crippen molar-refractivity contribution in [2.75, 3.05) is 18.4 Å². The lowest BCUT2D eigenvalue weighted by atomic mass is 10.1. The molecule has 2 aliphatic rings. The molecule has 4 N–H and O–H groups in total. The highest BCUT2D eigenvalue weighted by Crippen LogP contribution is 2.29. The first-order chi connectivity index (χ1) is 17.3. The lowest BCUT2D eigenvalue weighted by Crippen LogP contribution is -2.58. The molecule has 0 spiro atoms. The number of guanidine groups is 1. The van der Waals surface area contributed by atoms with Crippen molar-refractivity contribution < 1.29 is 13.6 Å². The fourth-order valence-electron chi connectivity index (χ4n) is 4.30. The Bertz CT molecular complexity index is 1500. The highest BCUT2D eigenvalue weighted by Gasteiger charge is 2.46. The van der Waals surface area contributed by atoms with Gasteiger partial charge >= 0.3 is 0 Å². The van der Waals surface area contributed by atoms with E-state index < -0.39 is 24.9 Å². The van der Waals surface area contributed by atoms with Crippen LogP contribution in [0.25, 0.3) is 22.0 Å². The zero-order valence-electron chi connectivity index (χ0n) is 19.2. The number of amidine groups is 1. The summed E-state index contributed by atoms with van der Waals surface area (Å²) in [6.07, 6.45) is 3.30. The molecule has 11 heteroatoms. The van der Waals surface area contributed by atoms with Gasteiger partial charge in [-0.3, -0.25) is 9.89 Å². The molecule has 4 heterocycles. The highest BCUT2D eigenvalue weighted by atomic mass is 19.3. The number of alkyl halides is 2. The highest BCUT2D eigenvalue weighted by molar-refractivity contribution is 6.14. The number of likely N-dealkylation sites (tertiary alicyclic amines) is 1. The van der Waals surface area contributed by atoms with Crippen molar-refractivity contribution in [2.24, 2.45) is 9.98 Å². The van der Waals surface area contributed by atoms with Crippen molar-refractivity contribution in [1.82, 2.24) is 25.4 Å². The molecule has 1 amide bonds. The summed E-state index contributed by atoms with van der Waals surface area (Å²) in [6.45, 7) is 0.787. The first kappa shape index (κ1) is 22.0. The van der Waals surface area contributed by atoms with E-state index in [4.69, 9.17) is 0 Å². The summed E-state index contributed by atoms with van der Waals surface area (Å²) >= 11 is 0. The number of anilines is 1. The maximum Gasteiger partial charge on any atom is 0.282 e. The van der Waals surface area contributed by atoms with E-state index in [2.05, 4.69) is 35.8 Å². The van der Waals surface area contributed by atoms with Gasteiger partial charge in [-0.2, -0.15) is 5.10 Å². The fraction of sp³-hybridized carbons (Fsp3) is 0.200. The number of nitrogens with zero attached hydrogens (tertiary/aromatic N) is 4. The summed E-state index contributed by atoms with van der Waals surface area (Å²) in [7, 11) is 0. The monoisotopic (exact) mass is 488 g/mol. The van der Waals surface area contributed by atoms with Crippen LogP contribution < -0.4 is 10.6 Å². The number of nitrogens with one attached hydrogen (secondary N) is 4. The number of carbonyl (C=O) groups is 1. The van der Waals surface area contributed by atoms with Gasteiger partial charge in [-0.15, -0.1) is 0 Å². The number of amides is 1. The number of hydrogen-bond acceptors (Lipinski definition) is 6. The van der Waals surface area contributed by atoms with Gasteiger partial charge in [-0.1, -0.05) is 24.3 Å². The Hall–Kier alpha value is -4.54. The van der Waals surface area contributed by atoms with Gasteiger partial charge in [0.2, 0.25) is 5.96 Å². The largest absolute Gasteiger partial charge is 0.351 e. The number of halogens is 2. The van der Waals surface area contributed by atoms with Crippen molar-refractivity contribution >= 4 is 34.3 Å². The van der Waals surface area contributed by atoms with Crippen molar-refractivity contribution in [3.05, 3.63) is 72.2 Å². The number of benzene rings is 2. The molecule has 1 atom stereocenters. The molecule has 1 unspecified atom stereocenters. The summed E-state index contributed by atoms with van der Waals surface area (Å²) < 4.78 is 26.3. The molecular weight excluding hydrogens is 466 g/mol. The molecule has 4 aromatic rings. The maximum atomic E-state index is 13.2. The van der Waals surface area contributed by atoms with E-state index in [9.17, 15) is 13.6 Å². The topological polar surface area (TPSA) is 114 Å². The van der Waals surface area contributed by atoms with Gasteiger partial charge in [-0.05, 0) is 36.8 Å². The van der Waals surface area contributed by atoms with Crippen LogP contribution in [0.4, 0.5) is 14.5 Å². The summed E-state index contributed by atoms with van der Waals surface area (Å²) in [4.78, 5) is 25.8. The minimum Gasteiger partial charge on any atom is -0.351 e. The molecule has 0 radical (unpaired) electrons. The van der Waals surface area contributed by atoms with Crippen molar-refractivity contribution in [1.29, 1.82) is 0 Å². The van der Waals surface area contributed by atoms with Gasteiger partial charge in [0.25, 0.3) is 11.8 Å². The smallest absolute Gasteiger partial charge is 0.282 e. The van der Waals surface area contributed by atoms with Crippen LogP contribution in [-0.2, 0) is 0 Å². The van der Waals surface area contributed by atoms with E-state index in [1.807, 2.05) is 55.6 Å². The first-order valence-corrected chi connectivity index (χ1v) is 11.4. The average molecular weight is 489 g/mol. The lowest BCUT2D eigenvalue weighted by Gasteiger charge is -2.38. The van der Waals surface area contributed by atoms with Crippen LogP contribution in [0, 0.1) is 0 Å². The third kappa shape index (κ3) is 4.19. The predicted molar refractivity (Wildman–Crippen MR) is 133 cm³/mol. The molecular formula is C25H22F2N8O. The quantitative estimate of drug-likeness (QED) is 0.350. The summed E-state index contributed by atoms with van der Waals surface area (Å²) in [5.41, 5.74) is 4.71. The average Bonchev–Trinajstić information content (AvgIpc) is 3.52. The Balaban J connectivity index is 1.17. The number of aromatic nitrogens is 3. The number of aromatic amines is 2. The normalized spacial score (nSPS) is 18.8. The molecule has 36 heavy (non-hydrogen) atoms. The number of aliphatic imine (C=N–C) groups is 2. The second kappa shape index (κ2) is 8.29. The molecule has 2 aromatic carbocycles. The van der Waals surface area contributed by atoms with E-state index in [1.54, 1.807) is 12.3 Å². The van der Waals surface area contributed by atoms with E-state index in [-0.39, 0.29) is 11.9 Å². The molecule has 0 bridgehead atoms. The van der Waals surface area contributed by atoms with Gasteiger partial charge in [0, 0.05) is 33.9 Å². The second-order valence-electron chi connectivity index (χ2n) is 8.90. The van der Waals surface area contributed by atoms with E-state index >= 15 is 0 Å². The van der Waals surface area contributed by atoms with Gasteiger partial charge in [-0.25, -0.2) is 18.8 Å². The minimum absolute atomic E-state index is 0.285. The molecule has 0 aliphatic carbocycles. The molecule has 9 nitrogen and oxygen atoms in total. The van der Waals surface area contributed by atoms with Gasteiger partial charge in [0.15, 0.2) is 0 Å². The number of hydrogen-bond donors (Lipinski definition) is 4. The molecule has 1 saturated heterocycles. The SMILES string of the molecule is CC1N=C(Nc2ccc(-c3cn[nH]c3)cc2)NC(c2ccc3cc(C(=O)N4CC(F)(F)C4)[nH]c3c2)=N1. The molecule has 2 aliphatic heterocycles. The minimum atomic E-state index is -2.80. The Kier molecular flexibility index (Phi) is 5.06. The summed E-state index contributed by atoms with van der Waals surface area (Å²) in [5, 5.41) is 14.1. The molecule has 1 fully saturated rings. The van der Waals surface area contributed by atoms with Crippen LogP contribution in [0.3, 0.4) is 0 Å². The van der Waals surface area contributed by atoms with Crippen molar-refractivity contribution in [3.8, 4) is 11.1 Å². The van der Waals surface area contributed by atoms with Gasteiger partial charge in [0.1, 0.15) is 17.7 Å². The number of fused-ring (bicyclic) bond motifs is 1. The summed E-state index contributed by atoms with van der Waals surface area (Å²) in [5.74, 6) is -2.05. The Morgan fingerprint density at radius 1 is 1.06 bits per heavy atom. The van der Waals surface area contributed by atoms with Gasteiger partial charge in [0.05, 0.1) is 19.3 Å². The van der Waals surface area contributed by atoms with Crippen molar-refractivity contribution in [2.45, 2.75) is 19.0 Å². The van der Waals surface area contributed by atoms with Gasteiger partial charge < -0.3 is 20.5 Å². The van der Waals surface area contributed by atoms with Crippen LogP contribution in [0.1, 0.15) is 23.0 Å². The number of rotatable bonds is 4. The molecule has 2 aromatic heterocycles. The third-order valence-corrected chi connectivity index (χ3v) is 6.11. The van der Waals surface area contributed by atoms with Crippen molar-refractivity contribution in [3.63, 3.8) is 0 Å². The Labute approximate surface area is 204 Å². The maximum absolute atomic E-state index is 13.2. The van der Waals surface area contributed by atoms with E-state index in [1.165, 1.54) is 0 Å². The van der Waals surface area contributed by atoms with Crippen LogP contribution >= 0.6 is 0 Å². The number of H-pyrrole nitrogens is 2. The molecule has 6 rings (SSSR count). The second-order valence-corrected chi connectivity index (χ2v) is 8.90. The number of carbonyl (C=O) groups excluding carboxylic acids is 1. The molecule has 0 saturated carbocycles. The van der Waals surface area contributed by atoms with Crippen LogP contribution in [0.5, 0.6) is 0 Å². The standard InChI is InChI=1S/C25H22F2N8O/c1-14-30-22(34-24(31-14)32-19-6-4-15(5-7-19)18-10-28-29-11-18)17-3-2-16-8-21(33-20(16)9-17)23(36)35-12-25(26,27)13-35/h2-11,14,33H,12-13H2,1H3,(H,28,29)(H2,30,31,32,34). The van der Waals surface area contributed by atoms with E-state index in [0.29, 0.717) is 17.3 Å². The first-order valence-electron chi connectivity index (χ1n) is 11.4. The third-order valence-electron chi connectivity index (χ3n) is 6.11. The van der Waals surface area contributed by atoms with Crippen LogP contribution in [-0.4, -0.2) is 63.0 Å². The van der Waals surface area contributed by atoms with Crippen LogP contribution in [0.2, 0.25) is 0 Å². The Morgan fingerprint density at radius 2 is 1.83 bits per heavy atom. The zero-order valence-corrected chi connectivity index (χ0v) is 19.2. The fourth-order valence-corrected chi connectivity index (χ4v) is 4.30. The molecule has 182 valence electrons. The predicted octanol–water partition coefficient (Wildman–Crippen LogP) is 3.81.